The molecule has 1 aliphatic heterocycles. The van der Waals surface area contributed by atoms with E-state index in [1.165, 1.54) is 24.9 Å². The van der Waals surface area contributed by atoms with E-state index in [0.29, 0.717) is 5.75 Å². The highest BCUT2D eigenvalue weighted by molar-refractivity contribution is 9.10. The molecule has 0 unspecified atom stereocenters. The van der Waals surface area contributed by atoms with Gasteiger partial charge in [-0.05, 0) is 55.2 Å². The number of hydrogen-bond acceptors (Lipinski definition) is 4. The third kappa shape index (κ3) is 5.59. The summed E-state index contributed by atoms with van der Waals surface area (Å²) in [6, 6.07) is 15.6. The normalized spacial score (nSPS) is 14.4. The second-order valence-corrected chi connectivity index (χ2v) is 7.09. The third-order valence-corrected chi connectivity index (χ3v) is 4.68. The molecule has 26 heavy (non-hydrogen) atoms. The van der Waals surface area contributed by atoms with Crippen molar-refractivity contribution >= 4 is 33.7 Å². The molecule has 0 atom stereocenters. The summed E-state index contributed by atoms with van der Waals surface area (Å²) in [5.41, 5.74) is 4.66. The average molecular weight is 416 g/mol. The standard InChI is InChI=1S/C20H22BrN3O2/c21-17-5-4-6-19(13-17)26-15-20(25)23-22-14-16-7-9-18(10-8-16)24-11-2-1-3-12-24/h4-10,13-14H,1-3,11-12,15H2,(H,23,25)/b22-14-. The Bertz CT molecular complexity index is 756. The van der Waals surface area contributed by atoms with E-state index in [4.69, 9.17) is 4.74 Å². The van der Waals surface area contributed by atoms with Crippen LogP contribution < -0.4 is 15.1 Å². The lowest BCUT2D eigenvalue weighted by atomic mass is 10.1. The summed E-state index contributed by atoms with van der Waals surface area (Å²) in [4.78, 5) is 14.2. The first kappa shape index (κ1) is 18.5. The van der Waals surface area contributed by atoms with Crippen LogP contribution in [0, 0.1) is 0 Å². The van der Waals surface area contributed by atoms with Gasteiger partial charge in [0.05, 0.1) is 6.21 Å². The van der Waals surface area contributed by atoms with Crippen LogP contribution in [0.4, 0.5) is 5.69 Å². The van der Waals surface area contributed by atoms with Crippen molar-refractivity contribution in [1.82, 2.24) is 5.43 Å². The van der Waals surface area contributed by atoms with Crippen LogP contribution in [-0.4, -0.2) is 31.8 Å². The Kier molecular flexibility index (Phi) is 6.66. The SMILES string of the molecule is O=C(COc1cccc(Br)c1)N/N=C\c1ccc(N2CCCCC2)cc1. The number of rotatable bonds is 6. The minimum absolute atomic E-state index is 0.0817. The van der Waals surface area contributed by atoms with Crippen molar-refractivity contribution in [3.8, 4) is 5.75 Å². The highest BCUT2D eigenvalue weighted by Crippen LogP contribution is 2.20. The number of carbonyl (C=O) groups is 1. The molecule has 3 rings (SSSR count). The van der Waals surface area contributed by atoms with Crippen LogP contribution in [0.25, 0.3) is 0 Å². The lowest BCUT2D eigenvalue weighted by Gasteiger charge is -2.28. The number of amides is 1. The fourth-order valence-corrected chi connectivity index (χ4v) is 3.22. The number of nitrogens with zero attached hydrogens (tertiary/aromatic N) is 2. The van der Waals surface area contributed by atoms with E-state index in [1.54, 1.807) is 18.3 Å². The average Bonchev–Trinajstić information content (AvgIpc) is 2.68. The molecule has 1 N–H and O–H groups in total. The number of benzene rings is 2. The molecule has 2 aromatic carbocycles. The van der Waals surface area contributed by atoms with Gasteiger partial charge in [0.1, 0.15) is 5.75 Å². The van der Waals surface area contributed by atoms with Crippen molar-refractivity contribution in [1.29, 1.82) is 0 Å². The zero-order valence-electron chi connectivity index (χ0n) is 14.5. The Balaban J connectivity index is 1.44. The van der Waals surface area contributed by atoms with Gasteiger partial charge in [-0.3, -0.25) is 4.79 Å². The zero-order chi connectivity index (χ0) is 18.2. The Hall–Kier alpha value is -2.34. The molecule has 0 radical (unpaired) electrons. The smallest absolute Gasteiger partial charge is 0.277 e. The molecule has 0 aliphatic carbocycles. The molecule has 0 aromatic heterocycles. The first-order valence-corrected chi connectivity index (χ1v) is 9.55. The van der Waals surface area contributed by atoms with Crippen LogP contribution in [-0.2, 0) is 4.79 Å². The van der Waals surface area contributed by atoms with E-state index in [2.05, 4.69) is 43.5 Å². The van der Waals surface area contributed by atoms with Crippen molar-refractivity contribution < 1.29 is 9.53 Å². The maximum absolute atomic E-state index is 11.8. The molecule has 1 amide bonds. The van der Waals surface area contributed by atoms with Crippen molar-refractivity contribution in [2.24, 2.45) is 5.10 Å². The molecule has 1 fully saturated rings. The number of hydrogen-bond donors (Lipinski definition) is 1. The first-order chi connectivity index (χ1) is 12.7. The second kappa shape index (κ2) is 9.38. The monoisotopic (exact) mass is 415 g/mol. The molecule has 0 saturated carbocycles. The summed E-state index contributed by atoms with van der Waals surface area (Å²) in [5.74, 6) is 0.331. The van der Waals surface area contributed by atoms with E-state index in [1.807, 2.05) is 24.3 Å². The largest absolute Gasteiger partial charge is 0.484 e. The summed E-state index contributed by atoms with van der Waals surface area (Å²) in [5, 5.41) is 3.99. The van der Waals surface area contributed by atoms with Gasteiger partial charge < -0.3 is 9.64 Å². The van der Waals surface area contributed by atoms with Crippen LogP contribution in [0.2, 0.25) is 0 Å². The van der Waals surface area contributed by atoms with E-state index in [0.717, 1.165) is 23.1 Å². The zero-order valence-corrected chi connectivity index (χ0v) is 16.1. The highest BCUT2D eigenvalue weighted by atomic mass is 79.9. The van der Waals surface area contributed by atoms with Gasteiger partial charge in [0.25, 0.3) is 5.91 Å². The Morgan fingerprint density at radius 3 is 2.65 bits per heavy atom. The topological polar surface area (TPSA) is 53.9 Å². The van der Waals surface area contributed by atoms with Crippen molar-refractivity contribution in [3.63, 3.8) is 0 Å². The first-order valence-electron chi connectivity index (χ1n) is 8.76. The number of piperidine rings is 1. The summed E-state index contributed by atoms with van der Waals surface area (Å²) in [7, 11) is 0. The van der Waals surface area contributed by atoms with E-state index in [-0.39, 0.29) is 12.5 Å². The van der Waals surface area contributed by atoms with Gasteiger partial charge >= 0.3 is 0 Å². The Morgan fingerprint density at radius 2 is 1.92 bits per heavy atom. The molecule has 6 heteroatoms. The minimum Gasteiger partial charge on any atom is -0.484 e. The quantitative estimate of drug-likeness (QED) is 0.573. The van der Waals surface area contributed by atoms with Gasteiger partial charge in [-0.1, -0.05) is 34.1 Å². The maximum atomic E-state index is 11.8. The number of anilines is 1. The summed E-state index contributed by atoms with van der Waals surface area (Å²) >= 11 is 3.36. The fraction of sp³-hybridized carbons (Fsp3) is 0.300. The fourth-order valence-electron chi connectivity index (χ4n) is 2.84. The van der Waals surface area contributed by atoms with E-state index < -0.39 is 0 Å². The van der Waals surface area contributed by atoms with Gasteiger partial charge in [0.15, 0.2) is 6.61 Å². The molecule has 0 spiro atoms. The number of nitrogens with one attached hydrogen (secondary N) is 1. The summed E-state index contributed by atoms with van der Waals surface area (Å²) in [6.45, 7) is 2.17. The van der Waals surface area contributed by atoms with Crippen molar-refractivity contribution in [2.45, 2.75) is 19.3 Å². The molecule has 2 aromatic rings. The van der Waals surface area contributed by atoms with Crippen LogP contribution in [0.5, 0.6) is 5.75 Å². The molecule has 5 nitrogen and oxygen atoms in total. The number of hydrazone groups is 1. The Labute approximate surface area is 162 Å². The third-order valence-electron chi connectivity index (χ3n) is 4.18. The predicted octanol–water partition coefficient (Wildman–Crippen LogP) is 3.97. The summed E-state index contributed by atoms with van der Waals surface area (Å²) in [6.07, 6.45) is 5.48. The minimum atomic E-state index is -0.300. The van der Waals surface area contributed by atoms with E-state index in [9.17, 15) is 4.79 Å². The molecule has 1 saturated heterocycles. The lowest BCUT2D eigenvalue weighted by Crippen LogP contribution is -2.29. The van der Waals surface area contributed by atoms with Crippen LogP contribution in [0.3, 0.4) is 0 Å². The van der Waals surface area contributed by atoms with Crippen LogP contribution in [0.1, 0.15) is 24.8 Å². The molecule has 1 heterocycles. The summed E-state index contributed by atoms with van der Waals surface area (Å²) < 4.78 is 6.32. The van der Waals surface area contributed by atoms with E-state index >= 15 is 0 Å². The van der Waals surface area contributed by atoms with Gasteiger partial charge in [-0.25, -0.2) is 5.43 Å². The van der Waals surface area contributed by atoms with Gasteiger partial charge in [-0.2, -0.15) is 5.10 Å². The van der Waals surface area contributed by atoms with Crippen LogP contribution >= 0.6 is 15.9 Å². The molecule has 136 valence electrons. The molecular formula is C20H22BrN3O2. The second-order valence-electron chi connectivity index (χ2n) is 6.18. The molecular weight excluding hydrogens is 394 g/mol. The lowest BCUT2D eigenvalue weighted by molar-refractivity contribution is -0.123. The molecule has 1 aliphatic rings. The van der Waals surface area contributed by atoms with Crippen molar-refractivity contribution in [2.75, 3.05) is 24.6 Å². The Morgan fingerprint density at radius 1 is 1.15 bits per heavy atom. The van der Waals surface area contributed by atoms with Crippen LogP contribution in [0.15, 0.2) is 58.1 Å². The van der Waals surface area contributed by atoms with Gasteiger partial charge in [0, 0.05) is 23.2 Å². The highest BCUT2D eigenvalue weighted by Gasteiger charge is 2.10. The maximum Gasteiger partial charge on any atom is 0.277 e. The molecule has 0 bridgehead atoms. The predicted molar refractivity (Wildman–Crippen MR) is 108 cm³/mol. The number of carbonyl (C=O) groups excluding carboxylic acids is 1. The van der Waals surface area contributed by atoms with Gasteiger partial charge in [-0.15, -0.1) is 0 Å². The van der Waals surface area contributed by atoms with Gasteiger partial charge in [0.2, 0.25) is 0 Å². The van der Waals surface area contributed by atoms with Crippen molar-refractivity contribution in [3.05, 3.63) is 58.6 Å². The number of halogens is 1. The number of ether oxygens (including phenoxy) is 1.